The number of nitrogens with one attached hydrogen (secondary N) is 1. The smallest absolute Gasteiger partial charge is 0.251 e. The predicted octanol–water partition coefficient (Wildman–Crippen LogP) is 4.88. The molecule has 0 radical (unpaired) electrons. The number of halogens is 1. The Labute approximate surface area is 176 Å². The van der Waals surface area contributed by atoms with Crippen LogP contribution in [-0.4, -0.2) is 36.5 Å². The van der Waals surface area contributed by atoms with E-state index < -0.39 is 0 Å². The first-order chi connectivity index (χ1) is 13.5. The summed E-state index contributed by atoms with van der Waals surface area (Å²) in [6.07, 6.45) is 1.96. The van der Waals surface area contributed by atoms with Crippen molar-refractivity contribution in [2.45, 2.75) is 39.3 Å². The van der Waals surface area contributed by atoms with Gasteiger partial charge in [0.15, 0.2) is 0 Å². The Morgan fingerprint density at radius 2 is 1.89 bits per heavy atom. The second-order valence-corrected chi connectivity index (χ2v) is 8.71. The summed E-state index contributed by atoms with van der Waals surface area (Å²) >= 11 is 3.52. The van der Waals surface area contributed by atoms with Crippen LogP contribution in [0.25, 0.3) is 0 Å². The van der Waals surface area contributed by atoms with Crippen molar-refractivity contribution in [3.8, 4) is 5.75 Å². The van der Waals surface area contributed by atoms with Gasteiger partial charge in [-0.3, -0.25) is 9.69 Å². The molecule has 0 aliphatic carbocycles. The van der Waals surface area contributed by atoms with E-state index in [-0.39, 0.29) is 11.9 Å². The molecule has 28 heavy (non-hydrogen) atoms. The maximum atomic E-state index is 12.6. The monoisotopic (exact) mass is 444 g/mol. The number of carbonyl (C=O) groups excluding carboxylic acids is 1. The van der Waals surface area contributed by atoms with Gasteiger partial charge in [-0.15, -0.1) is 0 Å². The number of amides is 1. The lowest BCUT2D eigenvalue weighted by atomic mass is 10.0. The standard InChI is InChI=1S/C23H29BrN2O2/c1-17(2)16-28-22-9-8-19(14-21(22)24)23(27)25-20-10-12-26(13-11-20)15-18-6-4-3-5-7-18/h3-9,14,17,20H,10-13,15-16H2,1-2H3,(H,25,27). The molecular weight excluding hydrogens is 416 g/mol. The molecule has 5 heteroatoms. The number of hydrogen-bond donors (Lipinski definition) is 1. The molecule has 1 aliphatic rings. The van der Waals surface area contributed by atoms with Crippen LogP contribution in [-0.2, 0) is 6.54 Å². The summed E-state index contributed by atoms with van der Waals surface area (Å²) in [4.78, 5) is 15.1. The van der Waals surface area contributed by atoms with Gasteiger partial charge < -0.3 is 10.1 Å². The minimum atomic E-state index is -0.0161. The molecular formula is C23H29BrN2O2. The highest BCUT2D eigenvalue weighted by Crippen LogP contribution is 2.26. The number of carbonyl (C=O) groups is 1. The van der Waals surface area contributed by atoms with Crippen molar-refractivity contribution in [2.24, 2.45) is 5.92 Å². The zero-order valence-corrected chi connectivity index (χ0v) is 18.2. The van der Waals surface area contributed by atoms with Crippen LogP contribution in [0.15, 0.2) is 53.0 Å². The van der Waals surface area contributed by atoms with Crippen LogP contribution in [0.1, 0.15) is 42.6 Å². The van der Waals surface area contributed by atoms with Gasteiger partial charge in [-0.1, -0.05) is 44.2 Å². The molecule has 1 N–H and O–H groups in total. The van der Waals surface area contributed by atoms with Gasteiger partial charge in [-0.05, 0) is 58.5 Å². The molecule has 0 saturated carbocycles. The van der Waals surface area contributed by atoms with Crippen molar-refractivity contribution in [1.29, 1.82) is 0 Å². The Morgan fingerprint density at radius 1 is 1.18 bits per heavy atom. The zero-order valence-electron chi connectivity index (χ0n) is 16.7. The number of likely N-dealkylation sites (tertiary alicyclic amines) is 1. The van der Waals surface area contributed by atoms with E-state index in [4.69, 9.17) is 4.74 Å². The van der Waals surface area contributed by atoms with Crippen LogP contribution < -0.4 is 10.1 Å². The summed E-state index contributed by atoms with van der Waals surface area (Å²) < 4.78 is 6.58. The minimum Gasteiger partial charge on any atom is -0.492 e. The van der Waals surface area contributed by atoms with Crippen molar-refractivity contribution < 1.29 is 9.53 Å². The van der Waals surface area contributed by atoms with Crippen LogP contribution in [0.3, 0.4) is 0 Å². The van der Waals surface area contributed by atoms with Crippen molar-refractivity contribution >= 4 is 21.8 Å². The number of ether oxygens (including phenoxy) is 1. The number of rotatable bonds is 7. The Kier molecular flexibility index (Phi) is 7.51. The van der Waals surface area contributed by atoms with Gasteiger partial charge >= 0.3 is 0 Å². The van der Waals surface area contributed by atoms with Gasteiger partial charge in [-0.2, -0.15) is 0 Å². The van der Waals surface area contributed by atoms with Crippen molar-refractivity contribution in [1.82, 2.24) is 10.2 Å². The molecule has 1 fully saturated rings. The average molecular weight is 445 g/mol. The Hall–Kier alpha value is -1.85. The summed E-state index contributed by atoms with van der Waals surface area (Å²) in [7, 11) is 0. The van der Waals surface area contributed by atoms with Crippen molar-refractivity contribution in [3.63, 3.8) is 0 Å². The summed E-state index contributed by atoms with van der Waals surface area (Å²) in [6.45, 7) is 7.87. The number of benzene rings is 2. The highest BCUT2D eigenvalue weighted by atomic mass is 79.9. The lowest BCUT2D eigenvalue weighted by Gasteiger charge is -2.32. The molecule has 0 unspecified atom stereocenters. The molecule has 1 aliphatic heterocycles. The third-order valence-electron chi connectivity index (χ3n) is 4.94. The third kappa shape index (κ3) is 6.08. The van der Waals surface area contributed by atoms with E-state index in [9.17, 15) is 4.79 Å². The van der Waals surface area contributed by atoms with E-state index >= 15 is 0 Å². The molecule has 2 aromatic rings. The highest BCUT2D eigenvalue weighted by Gasteiger charge is 2.21. The average Bonchev–Trinajstić information content (AvgIpc) is 2.69. The summed E-state index contributed by atoms with van der Waals surface area (Å²) in [5.41, 5.74) is 2.00. The van der Waals surface area contributed by atoms with E-state index in [2.05, 4.69) is 64.3 Å². The Balaban J connectivity index is 1.48. The Morgan fingerprint density at radius 3 is 2.54 bits per heavy atom. The molecule has 1 amide bonds. The molecule has 0 bridgehead atoms. The van der Waals surface area contributed by atoms with E-state index in [1.165, 1.54) is 5.56 Å². The minimum absolute atomic E-state index is 0.0161. The fourth-order valence-corrected chi connectivity index (χ4v) is 3.85. The largest absolute Gasteiger partial charge is 0.492 e. The predicted molar refractivity (Wildman–Crippen MR) is 117 cm³/mol. The van der Waals surface area contributed by atoms with Gasteiger partial charge in [0.1, 0.15) is 5.75 Å². The van der Waals surface area contributed by atoms with Crippen molar-refractivity contribution in [3.05, 3.63) is 64.1 Å². The molecule has 0 aromatic heterocycles. The first kappa shape index (κ1) is 20.9. The van der Waals surface area contributed by atoms with Gasteiger partial charge in [0.05, 0.1) is 11.1 Å². The summed E-state index contributed by atoms with van der Waals surface area (Å²) in [5, 5.41) is 3.19. The summed E-state index contributed by atoms with van der Waals surface area (Å²) in [5.74, 6) is 1.22. The number of hydrogen-bond acceptors (Lipinski definition) is 3. The van der Waals surface area contributed by atoms with Crippen LogP contribution in [0.5, 0.6) is 5.75 Å². The summed E-state index contributed by atoms with van der Waals surface area (Å²) in [6, 6.07) is 16.3. The van der Waals surface area contributed by atoms with E-state index in [0.29, 0.717) is 18.1 Å². The second-order valence-electron chi connectivity index (χ2n) is 7.86. The van der Waals surface area contributed by atoms with Crippen LogP contribution >= 0.6 is 15.9 Å². The molecule has 1 saturated heterocycles. The molecule has 2 aromatic carbocycles. The van der Waals surface area contributed by atoms with Crippen molar-refractivity contribution in [2.75, 3.05) is 19.7 Å². The molecule has 1 heterocycles. The number of piperidine rings is 1. The van der Waals surface area contributed by atoms with Gasteiger partial charge in [-0.25, -0.2) is 0 Å². The maximum absolute atomic E-state index is 12.6. The highest BCUT2D eigenvalue weighted by molar-refractivity contribution is 9.10. The first-order valence-corrected chi connectivity index (χ1v) is 10.8. The fraction of sp³-hybridized carbons (Fsp3) is 0.435. The second kappa shape index (κ2) is 10.1. The third-order valence-corrected chi connectivity index (χ3v) is 5.56. The van der Waals surface area contributed by atoms with E-state index in [1.54, 1.807) is 0 Å². The van der Waals surface area contributed by atoms with Gasteiger partial charge in [0.25, 0.3) is 5.91 Å². The first-order valence-electron chi connectivity index (χ1n) is 10.0. The number of nitrogens with zero attached hydrogens (tertiary/aromatic N) is 1. The lowest BCUT2D eigenvalue weighted by Crippen LogP contribution is -2.44. The van der Waals surface area contributed by atoms with Gasteiger partial charge in [0.2, 0.25) is 0 Å². The van der Waals surface area contributed by atoms with Crippen LogP contribution in [0.2, 0.25) is 0 Å². The molecule has 150 valence electrons. The normalized spacial score (nSPS) is 15.6. The maximum Gasteiger partial charge on any atom is 0.251 e. The molecule has 0 atom stereocenters. The fourth-order valence-electron chi connectivity index (χ4n) is 3.36. The molecule has 3 rings (SSSR count). The van der Waals surface area contributed by atoms with Gasteiger partial charge in [0, 0.05) is 31.2 Å². The van der Waals surface area contributed by atoms with Crippen LogP contribution in [0.4, 0.5) is 0 Å². The molecule has 4 nitrogen and oxygen atoms in total. The SMILES string of the molecule is CC(C)COc1ccc(C(=O)NC2CCN(Cc3ccccc3)CC2)cc1Br. The lowest BCUT2D eigenvalue weighted by molar-refractivity contribution is 0.0909. The Bertz CT molecular complexity index is 771. The zero-order chi connectivity index (χ0) is 19.9. The van der Waals surface area contributed by atoms with E-state index in [1.807, 2.05) is 24.3 Å². The molecule has 0 spiro atoms. The quantitative estimate of drug-likeness (QED) is 0.661. The van der Waals surface area contributed by atoms with Crippen LogP contribution in [0, 0.1) is 5.92 Å². The van der Waals surface area contributed by atoms with E-state index in [0.717, 1.165) is 42.7 Å². The topological polar surface area (TPSA) is 41.6 Å².